The number of carbonyl (C=O) groups is 2. The van der Waals surface area contributed by atoms with E-state index in [4.69, 9.17) is 5.73 Å². The molecule has 5 heteroatoms. The lowest BCUT2D eigenvalue weighted by Crippen LogP contribution is -2.45. The van der Waals surface area contributed by atoms with Crippen LogP contribution in [0.3, 0.4) is 0 Å². The molecule has 1 saturated carbocycles. The first-order chi connectivity index (χ1) is 8.13. The van der Waals surface area contributed by atoms with Gasteiger partial charge in [0.15, 0.2) is 0 Å². The van der Waals surface area contributed by atoms with Crippen LogP contribution in [0.1, 0.15) is 32.6 Å². The fourth-order valence-electron chi connectivity index (χ4n) is 2.41. The average Bonchev–Trinajstić information content (AvgIpc) is 2.82. The number of hydrogen-bond acceptors (Lipinski definition) is 4. The largest absolute Gasteiger partial charge is 0.467 e. The molecule has 1 unspecified atom stereocenters. The van der Waals surface area contributed by atoms with E-state index in [1.54, 1.807) is 0 Å². The van der Waals surface area contributed by atoms with Gasteiger partial charge in [-0.2, -0.15) is 0 Å². The lowest BCUT2D eigenvalue weighted by Gasteiger charge is -2.21. The maximum Gasteiger partial charge on any atom is 0.328 e. The number of methoxy groups -OCH3 is 1. The third kappa shape index (κ3) is 3.43. The summed E-state index contributed by atoms with van der Waals surface area (Å²) >= 11 is 0. The zero-order valence-corrected chi connectivity index (χ0v) is 10.6. The van der Waals surface area contributed by atoms with Crippen LogP contribution in [-0.4, -0.2) is 31.6 Å². The summed E-state index contributed by atoms with van der Waals surface area (Å²) in [6, 6.07) is -0.536. The molecule has 0 bridgehead atoms. The number of hydrogen-bond donors (Lipinski definition) is 2. The van der Waals surface area contributed by atoms with E-state index in [9.17, 15) is 9.59 Å². The summed E-state index contributed by atoms with van der Waals surface area (Å²) in [6.07, 6.45) is 3.45. The SMILES string of the molecule is CCC(NC(=O)[C@@H]1CCC[C@@H]1CN)C(=O)OC. The van der Waals surface area contributed by atoms with Crippen molar-refractivity contribution in [2.45, 2.75) is 38.6 Å². The van der Waals surface area contributed by atoms with E-state index < -0.39 is 6.04 Å². The molecule has 17 heavy (non-hydrogen) atoms. The third-order valence-corrected chi connectivity index (χ3v) is 3.51. The summed E-state index contributed by atoms with van der Waals surface area (Å²) in [6.45, 7) is 2.38. The van der Waals surface area contributed by atoms with E-state index in [1.807, 2.05) is 6.92 Å². The topological polar surface area (TPSA) is 81.4 Å². The highest BCUT2D eigenvalue weighted by atomic mass is 16.5. The molecule has 0 aromatic heterocycles. The predicted octanol–water partition coefficient (Wildman–Crippen LogP) is 0.429. The van der Waals surface area contributed by atoms with Gasteiger partial charge in [0, 0.05) is 5.92 Å². The van der Waals surface area contributed by atoms with E-state index in [-0.39, 0.29) is 23.7 Å². The van der Waals surface area contributed by atoms with Crippen molar-refractivity contribution in [3.63, 3.8) is 0 Å². The van der Waals surface area contributed by atoms with Gasteiger partial charge in [0.25, 0.3) is 0 Å². The van der Waals surface area contributed by atoms with Crippen LogP contribution in [0.5, 0.6) is 0 Å². The average molecular weight is 242 g/mol. The van der Waals surface area contributed by atoms with Crippen LogP contribution in [0.4, 0.5) is 0 Å². The molecule has 0 saturated heterocycles. The van der Waals surface area contributed by atoms with Crippen LogP contribution in [0.2, 0.25) is 0 Å². The van der Waals surface area contributed by atoms with Gasteiger partial charge in [0.1, 0.15) is 6.04 Å². The minimum atomic E-state index is -0.536. The summed E-state index contributed by atoms with van der Waals surface area (Å²) in [5.74, 6) is -0.234. The van der Waals surface area contributed by atoms with Crippen molar-refractivity contribution in [3.05, 3.63) is 0 Å². The number of carbonyl (C=O) groups excluding carboxylic acids is 2. The summed E-state index contributed by atoms with van der Waals surface area (Å²) < 4.78 is 4.64. The highest BCUT2D eigenvalue weighted by molar-refractivity contribution is 5.86. The molecule has 0 heterocycles. The second-order valence-electron chi connectivity index (χ2n) is 4.53. The molecule has 98 valence electrons. The van der Waals surface area contributed by atoms with Gasteiger partial charge >= 0.3 is 5.97 Å². The first kappa shape index (κ1) is 14.0. The molecular formula is C12H22N2O3. The van der Waals surface area contributed by atoms with Crippen molar-refractivity contribution in [1.29, 1.82) is 0 Å². The van der Waals surface area contributed by atoms with Crippen LogP contribution in [0.25, 0.3) is 0 Å². The first-order valence-corrected chi connectivity index (χ1v) is 6.22. The first-order valence-electron chi connectivity index (χ1n) is 6.22. The monoisotopic (exact) mass is 242 g/mol. The summed E-state index contributed by atoms with van der Waals surface area (Å²) in [7, 11) is 1.33. The molecule has 1 fully saturated rings. The Morgan fingerprint density at radius 3 is 2.71 bits per heavy atom. The minimum absolute atomic E-state index is 0.0429. The molecule has 5 nitrogen and oxygen atoms in total. The fourth-order valence-corrected chi connectivity index (χ4v) is 2.41. The number of rotatable bonds is 5. The molecule has 0 aliphatic heterocycles. The predicted molar refractivity (Wildman–Crippen MR) is 64.1 cm³/mol. The number of ether oxygens (including phenoxy) is 1. The quantitative estimate of drug-likeness (QED) is 0.685. The fraction of sp³-hybridized carbons (Fsp3) is 0.833. The van der Waals surface area contributed by atoms with E-state index in [2.05, 4.69) is 10.1 Å². The number of esters is 1. The van der Waals surface area contributed by atoms with Crippen LogP contribution in [0.15, 0.2) is 0 Å². The lowest BCUT2D eigenvalue weighted by atomic mass is 9.95. The molecule has 3 atom stereocenters. The van der Waals surface area contributed by atoms with Gasteiger partial charge in [-0.3, -0.25) is 4.79 Å². The molecule has 1 aliphatic rings. The van der Waals surface area contributed by atoms with E-state index in [0.29, 0.717) is 13.0 Å². The Morgan fingerprint density at radius 1 is 1.47 bits per heavy atom. The molecule has 1 amide bonds. The zero-order chi connectivity index (χ0) is 12.8. The van der Waals surface area contributed by atoms with Gasteiger partial charge in [-0.05, 0) is 31.7 Å². The number of amides is 1. The van der Waals surface area contributed by atoms with E-state index in [1.165, 1.54) is 7.11 Å². The molecular weight excluding hydrogens is 220 g/mol. The second-order valence-corrected chi connectivity index (χ2v) is 4.53. The molecule has 0 radical (unpaired) electrons. The van der Waals surface area contributed by atoms with Crippen molar-refractivity contribution in [1.82, 2.24) is 5.32 Å². The van der Waals surface area contributed by atoms with Crippen molar-refractivity contribution in [3.8, 4) is 0 Å². The van der Waals surface area contributed by atoms with Crippen molar-refractivity contribution in [2.75, 3.05) is 13.7 Å². The molecule has 1 rings (SSSR count). The van der Waals surface area contributed by atoms with Crippen molar-refractivity contribution >= 4 is 11.9 Å². The van der Waals surface area contributed by atoms with Crippen molar-refractivity contribution in [2.24, 2.45) is 17.6 Å². The van der Waals surface area contributed by atoms with Gasteiger partial charge in [-0.15, -0.1) is 0 Å². The van der Waals surface area contributed by atoms with Gasteiger partial charge in [-0.1, -0.05) is 13.3 Å². The molecule has 0 aromatic carbocycles. The Kier molecular flexibility index (Phi) is 5.41. The van der Waals surface area contributed by atoms with Gasteiger partial charge in [-0.25, -0.2) is 4.79 Å². The van der Waals surface area contributed by atoms with Crippen LogP contribution < -0.4 is 11.1 Å². The Hall–Kier alpha value is -1.10. The number of nitrogens with two attached hydrogens (primary N) is 1. The third-order valence-electron chi connectivity index (χ3n) is 3.51. The van der Waals surface area contributed by atoms with Crippen LogP contribution in [-0.2, 0) is 14.3 Å². The maximum atomic E-state index is 12.0. The normalized spacial score (nSPS) is 25.4. The molecule has 0 aromatic rings. The summed E-state index contributed by atoms with van der Waals surface area (Å²) in [5.41, 5.74) is 5.64. The Balaban J connectivity index is 2.55. The van der Waals surface area contributed by atoms with Gasteiger partial charge in [0.2, 0.25) is 5.91 Å². The van der Waals surface area contributed by atoms with E-state index in [0.717, 1.165) is 19.3 Å². The smallest absolute Gasteiger partial charge is 0.328 e. The van der Waals surface area contributed by atoms with Crippen LogP contribution >= 0.6 is 0 Å². The summed E-state index contributed by atoms with van der Waals surface area (Å²) in [5, 5.41) is 2.75. The Labute approximate surface area is 102 Å². The maximum absolute atomic E-state index is 12.0. The van der Waals surface area contributed by atoms with Crippen molar-refractivity contribution < 1.29 is 14.3 Å². The second kappa shape index (κ2) is 6.59. The van der Waals surface area contributed by atoms with Gasteiger partial charge in [0.05, 0.1) is 7.11 Å². The van der Waals surface area contributed by atoms with Gasteiger partial charge < -0.3 is 15.8 Å². The van der Waals surface area contributed by atoms with E-state index >= 15 is 0 Å². The number of nitrogens with one attached hydrogen (secondary N) is 1. The Bertz CT molecular complexity index is 281. The highest BCUT2D eigenvalue weighted by Gasteiger charge is 2.33. The lowest BCUT2D eigenvalue weighted by molar-refractivity contribution is -0.145. The van der Waals surface area contributed by atoms with Crippen LogP contribution in [0, 0.1) is 11.8 Å². The minimum Gasteiger partial charge on any atom is -0.467 e. The highest BCUT2D eigenvalue weighted by Crippen LogP contribution is 2.31. The molecule has 3 N–H and O–H groups in total. The molecule has 0 spiro atoms. The summed E-state index contributed by atoms with van der Waals surface area (Å²) in [4.78, 5) is 23.4. The standard InChI is InChI=1S/C12H22N2O3/c1-3-10(12(16)17-2)14-11(15)9-6-4-5-8(9)7-13/h8-10H,3-7,13H2,1-2H3,(H,14,15)/t8-,9-,10?/m1/s1. The Morgan fingerprint density at radius 2 is 2.18 bits per heavy atom. The molecule has 1 aliphatic carbocycles. The zero-order valence-electron chi connectivity index (χ0n) is 10.6.